The summed E-state index contributed by atoms with van der Waals surface area (Å²) < 4.78 is 2.00. The first kappa shape index (κ1) is 16.7. The molecule has 0 unspecified atom stereocenters. The molecule has 0 aliphatic rings. The van der Waals surface area contributed by atoms with Crippen LogP contribution in [0.2, 0.25) is 0 Å². The first-order valence-electron chi connectivity index (χ1n) is 4.99. The summed E-state index contributed by atoms with van der Waals surface area (Å²) in [5.74, 6) is 0.347. The first-order valence-corrected chi connectivity index (χ1v) is 7.15. The second-order valence-corrected chi connectivity index (χ2v) is 5.98. The predicted molar refractivity (Wildman–Crippen MR) is 87.2 cm³/mol. The summed E-state index contributed by atoms with van der Waals surface area (Å²) in [7, 11) is 0. The molecular formula is C11H16ClI2NO. The van der Waals surface area contributed by atoms with E-state index in [1.165, 1.54) is 0 Å². The lowest BCUT2D eigenvalue weighted by Gasteiger charge is -2.14. The molecule has 0 saturated heterocycles. The maximum atomic E-state index is 9.90. The molecule has 1 atom stereocenters. The van der Waals surface area contributed by atoms with Gasteiger partial charge in [-0.2, -0.15) is 0 Å². The van der Waals surface area contributed by atoms with Crippen molar-refractivity contribution in [2.45, 2.75) is 32.2 Å². The summed E-state index contributed by atoms with van der Waals surface area (Å²) in [4.78, 5) is 0. The van der Waals surface area contributed by atoms with Crippen molar-refractivity contribution in [1.82, 2.24) is 0 Å². The van der Waals surface area contributed by atoms with Crippen LogP contribution < -0.4 is 5.73 Å². The van der Waals surface area contributed by atoms with Gasteiger partial charge in [0.15, 0.2) is 0 Å². The minimum Gasteiger partial charge on any atom is -0.506 e. The van der Waals surface area contributed by atoms with Gasteiger partial charge in [0, 0.05) is 15.2 Å². The fourth-order valence-electron chi connectivity index (χ4n) is 1.45. The van der Waals surface area contributed by atoms with Gasteiger partial charge in [0.05, 0.1) is 3.57 Å². The summed E-state index contributed by atoms with van der Waals surface area (Å²) in [5.41, 5.74) is 6.93. The van der Waals surface area contributed by atoms with E-state index in [-0.39, 0.29) is 18.4 Å². The van der Waals surface area contributed by atoms with E-state index in [4.69, 9.17) is 5.73 Å². The summed E-state index contributed by atoms with van der Waals surface area (Å²) in [6.45, 7) is 2.14. The topological polar surface area (TPSA) is 46.2 Å². The molecule has 2 nitrogen and oxygen atoms in total. The molecule has 0 radical (unpaired) electrons. The molecule has 16 heavy (non-hydrogen) atoms. The fraction of sp³-hybridized carbons (Fsp3) is 0.455. The van der Waals surface area contributed by atoms with Gasteiger partial charge in [0.25, 0.3) is 0 Å². The lowest BCUT2D eigenvalue weighted by molar-refractivity contribution is 0.452. The second kappa shape index (κ2) is 7.94. The highest BCUT2D eigenvalue weighted by atomic mass is 127. The third-order valence-electron chi connectivity index (χ3n) is 2.33. The average molecular weight is 468 g/mol. The number of rotatable bonds is 4. The van der Waals surface area contributed by atoms with Crippen molar-refractivity contribution < 1.29 is 5.11 Å². The Labute approximate surface area is 130 Å². The van der Waals surface area contributed by atoms with Crippen LogP contribution in [0.25, 0.3) is 0 Å². The van der Waals surface area contributed by atoms with Crippen LogP contribution in [0.15, 0.2) is 12.1 Å². The van der Waals surface area contributed by atoms with E-state index in [2.05, 4.69) is 52.1 Å². The molecule has 0 saturated carbocycles. The number of phenols is 1. The Kier molecular flexibility index (Phi) is 8.30. The Morgan fingerprint density at radius 2 is 2.00 bits per heavy atom. The molecule has 1 aromatic carbocycles. The molecule has 3 N–H and O–H groups in total. The third-order valence-corrected chi connectivity index (χ3v) is 3.77. The Bertz CT molecular complexity index is 347. The van der Waals surface area contributed by atoms with Crippen molar-refractivity contribution in [1.29, 1.82) is 0 Å². The Balaban J connectivity index is 0.00000225. The average Bonchev–Trinajstić information content (AvgIpc) is 2.19. The zero-order valence-corrected chi connectivity index (χ0v) is 14.2. The quantitative estimate of drug-likeness (QED) is 0.652. The maximum absolute atomic E-state index is 9.90. The number of unbranched alkanes of at least 4 members (excludes halogenated alkanes) is 1. The standard InChI is InChI=1S/C11H15I2NO.ClH/c1-2-3-4-10(14)8-5-7(12)6-9(13)11(8)15;/h5-6,10,15H,2-4,14H2,1H3;1H/t10-;/m0./s1. The second-order valence-electron chi connectivity index (χ2n) is 3.57. The summed E-state index contributed by atoms with van der Waals surface area (Å²) in [6.07, 6.45) is 3.17. The zero-order valence-electron chi connectivity index (χ0n) is 9.04. The Hall–Kier alpha value is 0.730. The van der Waals surface area contributed by atoms with Gasteiger partial charge in [0.2, 0.25) is 0 Å². The molecular weight excluding hydrogens is 451 g/mol. The molecule has 1 aromatic rings. The van der Waals surface area contributed by atoms with Crippen LogP contribution in [0.3, 0.4) is 0 Å². The van der Waals surface area contributed by atoms with Crippen molar-refractivity contribution in [3.8, 4) is 5.75 Å². The van der Waals surface area contributed by atoms with E-state index in [9.17, 15) is 5.11 Å². The van der Waals surface area contributed by atoms with E-state index in [0.717, 1.165) is 32.0 Å². The van der Waals surface area contributed by atoms with Crippen LogP contribution >= 0.6 is 57.6 Å². The highest BCUT2D eigenvalue weighted by Gasteiger charge is 2.13. The van der Waals surface area contributed by atoms with E-state index in [0.29, 0.717) is 5.75 Å². The highest BCUT2D eigenvalue weighted by molar-refractivity contribution is 14.1. The van der Waals surface area contributed by atoms with Gasteiger partial charge in [-0.3, -0.25) is 0 Å². The number of phenolic OH excluding ortho intramolecular Hbond substituents is 1. The predicted octanol–water partition coefficient (Wildman–Crippen LogP) is 4.21. The van der Waals surface area contributed by atoms with Gasteiger partial charge in [-0.1, -0.05) is 19.8 Å². The van der Waals surface area contributed by atoms with Gasteiger partial charge >= 0.3 is 0 Å². The number of aromatic hydroxyl groups is 1. The largest absolute Gasteiger partial charge is 0.506 e. The molecule has 0 spiro atoms. The van der Waals surface area contributed by atoms with Gasteiger partial charge in [-0.05, 0) is 63.7 Å². The molecule has 0 amide bonds. The normalized spacial score (nSPS) is 12.0. The van der Waals surface area contributed by atoms with Crippen LogP contribution in [0, 0.1) is 7.14 Å². The summed E-state index contributed by atoms with van der Waals surface area (Å²) >= 11 is 4.38. The molecule has 0 bridgehead atoms. The van der Waals surface area contributed by atoms with Crippen molar-refractivity contribution in [3.63, 3.8) is 0 Å². The van der Waals surface area contributed by atoms with Crippen molar-refractivity contribution in [2.75, 3.05) is 0 Å². The van der Waals surface area contributed by atoms with Crippen LogP contribution in [0.1, 0.15) is 37.8 Å². The van der Waals surface area contributed by atoms with Crippen molar-refractivity contribution >= 4 is 57.6 Å². The highest BCUT2D eigenvalue weighted by Crippen LogP contribution is 2.32. The number of hydrogen-bond acceptors (Lipinski definition) is 2. The molecule has 0 aromatic heterocycles. The molecule has 1 rings (SSSR count). The SMILES string of the molecule is CCCC[C@H](N)c1cc(I)cc(I)c1O.Cl. The zero-order chi connectivity index (χ0) is 11.4. The minimum absolute atomic E-state index is 0. The number of hydrogen-bond donors (Lipinski definition) is 2. The molecule has 92 valence electrons. The smallest absolute Gasteiger partial charge is 0.133 e. The fourth-order valence-corrected chi connectivity index (χ4v) is 3.34. The van der Waals surface area contributed by atoms with E-state index >= 15 is 0 Å². The van der Waals surface area contributed by atoms with Gasteiger partial charge < -0.3 is 10.8 Å². The van der Waals surface area contributed by atoms with Crippen LogP contribution in [-0.4, -0.2) is 5.11 Å². The Morgan fingerprint density at radius 1 is 1.38 bits per heavy atom. The van der Waals surface area contributed by atoms with Gasteiger partial charge in [-0.25, -0.2) is 0 Å². The number of halogens is 3. The van der Waals surface area contributed by atoms with Crippen LogP contribution in [-0.2, 0) is 0 Å². The van der Waals surface area contributed by atoms with E-state index < -0.39 is 0 Å². The van der Waals surface area contributed by atoms with Crippen LogP contribution in [0.5, 0.6) is 5.75 Å². The lowest BCUT2D eigenvalue weighted by Crippen LogP contribution is -2.11. The summed E-state index contributed by atoms with van der Waals surface area (Å²) in [5, 5.41) is 9.90. The summed E-state index contributed by atoms with van der Waals surface area (Å²) in [6, 6.07) is 3.87. The van der Waals surface area contributed by atoms with E-state index in [1.807, 2.05) is 12.1 Å². The monoisotopic (exact) mass is 467 g/mol. The van der Waals surface area contributed by atoms with Gasteiger partial charge in [0.1, 0.15) is 5.75 Å². The minimum atomic E-state index is -0.0480. The van der Waals surface area contributed by atoms with Gasteiger partial charge in [-0.15, -0.1) is 12.4 Å². The van der Waals surface area contributed by atoms with E-state index in [1.54, 1.807) is 0 Å². The third kappa shape index (κ3) is 4.54. The lowest BCUT2D eigenvalue weighted by atomic mass is 10.0. The Morgan fingerprint density at radius 3 is 2.56 bits per heavy atom. The number of benzene rings is 1. The van der Waals surface area contributed by atoms with Crippen molar-refractivity contribution in [2.24, 2.45) is 5.73 Å². The molecule has 5 heteroatoms. The first-order chi connectivity index (χ1) is 7.06. The molecule has 0 heterocycles. The number of nitrogens with two attached hydrogens (primary N) is 1. The van der Waals surface area contributed by atoms with Crippen molar-refractivity contribution in [3.05, 3.63) is 24.8 Å². The molecule has 0 fully saturated rings. The maximum Gasteiger partial charge on any atom is 0.133 e. The van der Waals surface area contributed by atoms with Crippen LogP contribution in [0.4, 0.5) is 0 Å². The molecule has 0 aliphatic carbocycles. The molecule has 0 aliphatic heterocycles.